The van der Waals surface area contributed by atoms with E-state index in [0.717, 1.165) is 12.8 Å². The van der Waals surface area contributed by atoms with Crippen LogP contribution in [-0.4, -0.2) is 17.8 Å². The van der Waals surface area contributed by atoms with Crippen molar-refractivity contribution in [2.24, 2.45) is 16.6 Å². The molecule has 5 nitrogen and oxygen atoms in total. The highest BCUT2D eigenvalue weighted by Gasteiger charge is 2.16. The van der Waals surface area contributed by atoms with Crippen LogP contribution in [0.5, 0.6) is 0 Å². The first-order valence-electron chi connectivity index (χ1n) is 3.57. The molecule has 1 aliphatic rings. The SMILES string of the molecule is NNC(=O)C1=NC(N)CCC1. The molecule has 1 rings (SSSR count). The number of nitrogens with one attached hydrogen (secondary N) is 1. The summed E-state index contributed by atoms with van der Waals surface area (Å²) in [4.78, 5) is 14.8. The van der Waals surface area contributed by atoms with Crippen LogP contribution in [0.15, 0.2) is 4.99 Å². The molecule has 62 valence electrons. The zero-order valence-corrected chi connectivity index (χ0v) is 6.21. The molecule has 5 heteroatoms. The highest BCUT2D eigenvalue weighted by molar-refractivity contribution is 6.38. The van der Waals surface area contributed by atoms with Crippen LogP contribution < -0.4 is 17.0 Å². The fraction of sp³-hybridized carbons (Fsp3) is 0.667. The van der Waals surface area contributed by atoms with E-state index in [-0.39, 0.29) is 12.1 Å². The molecule has 0 spiro atoms. The van der Waals surface area contributed by atoms with Gasteiger partial charge >= 0.3 is 0 Å². The summed E-state index contributed by atoms with van der Waals surface area (Å²) < 4.78 is 0. The van der Waals surface area contributed by atoms with Crippen molar-refractivity contribution in [2.45, 2.75) is 25.4 Å². The van der Waals surface area contributed by atoms with Crippen LogP contribution in [0.3, 0.4) is 0 Å². The number of amides is 1. The van der Waals surface area contributed by atoms with E-state index >= 15 is 0 Å². The fourth-order valence-electron chi connectivity index (χ4n) is 1.06. The predicted molar refractivity (Wildman–Crippen MR) is 41.6 cm³/mol. The molecule has 0 fully saturated rings. The van der Waals surface area contributed by atoms with E-state index in [1.807, 2.05) is 5.43 Å². The van der Waals surface area contributed by atoms with E-state index in [1.54, 1.807) is 0 Å². The molecule has 1 heterocycles. The summed E-state index contributed by atoms with van der Waals surface area (Å²) in [5.74, 6) is 4.61. The maximum Gasteiger partial charge on any atom is 0.279 e. The van der Waals surface area contributed by atoms with Crippen molar-refractivity contribution in [1.82, 2.24) is 5.43 Å². The summed E-state index contributed by atoms with van der Waals surface area (Å²) in [6, 6.07) is 0. The van der Waals surface area contributed by atoms with Gasteiger partial charge in [0, 0.05) is 0 Å². The third-order valence-electron chi connectivity index (χ3n) is 1.63. The van der Waals surface area contributed by atoms with Gasteiger partial charge in [0.2, 0.25) is 0 Å². The van der Waals surface area contributed by atoms with E-state index < -0.39 is 0 Å². The van der Waals surface area contributed by atoms with E-state index in [2.05, 4.69) is 4.99 Å². The summed E-state index contributed by atoms with van der Waals surface area (Å²) in [5.41, 5.74) is 8.00. The van der Waals surface area contributed by atoms with Gasteiger partial charge in [-0.3, -0.25) is 15.2 Å². The Kier molecular flexibility index (Phi) is 2.56. The number of hydrogen-bond donors (Lipinski definition) is 3. The zero-order valence-electron chi connectivity index (χ0n) is 6.21. The molecule has 5 N–H and O–H groups in total. The van der Waals surface area contributed by atoms with Gasteiger partial charge in [0.15, 0.2) is 0 Å². The molecule has 0 saturated carbocycles. The summed E-state index contributed by atoms with van der Waals surface area (Å²) in [7, 11) is 0. The highest BCUT2D eigenvalue weighted by Crippen LogP contribution is 2.09. The number of hydrogen-bond acceptors (Lipinski definition) is 4. The van der Waals surface area contributed by atoms with Crippen LogP contribution in [-0.2, 0) is 4.79 Å². The van der Waals surface area contributed by atoms with Gasteiger partial charge in [-0.2, -0.15) is 0 Å². The summed E-state index contributed by atoms with van der Waals surface area (Å²) in [6.45, 7) is 0. The Morgan fingerprint density at radius 1 is 1.73 bits per heavy atom. The maximum atomic E-state index is 10.9. The topological polar surface area (TPSA) is 93.5 Å². The second-order valence-electron chi connectivity index (χ2n) is 2.51. The van der Waals surface area contributed by atoms with Crippen LogP contribution >= 0.6 is 0 Å². The minimum Gasteiger partial charge on any atom is -0.310 e. The van der Waals surface area contributed by atoms with Gasteiger partial charge in [-0.05, 0) is 19.3 Å². The lowest BCUT2D eigenvalue weighted by molar-refractivity contribution is -0.115. The molecule has 0 aliphatic carbocycles. The Labute approximate surface area is 64.8 Å². The van der Waals surface area contributed by atoms with E-state index in [0.29, 0.717) is 12.1 Å². The van der Waals surface area contributed by atoms with Gasteiger partial charge in [-0.15, -0.1) is 0 Å². The van der Waals surface area contributed by atoms with Gasteiger partial charge in [-0.1, -0.05) is 0 Å². The van der Waals surface area contributed by atoms with Crippen molar-refractivity contribution in [3.8, 4) is 0 Å². The van der Waals surface area contributed by atoms with Crippen molar-refractivity contribution < 1.29 is 4.79 Å². The third kappa shape index (κ3) is 1.99. The zero-order chi connectivity index (χ0) is 8.27. The van der Waals surface area contributed by atoms with Crippen LogP contribution in [0.2, 0.25) is 0 Å². The number of nitrogens with zero attached hydrogens (tertiary/aromatic N) is 1. The van der Waals surface area contributed by atoms with Crippen LogP contribution in [0.25, 0.3) is 0 Å². The number of carbonyl (C=O) groups excluding carboxylic acids is 1. The number of nitrogens with two attached hydrogens (primary N) is 2. The summed E-state index contributed by atoms with van der Waals surface area (Å²) in [6.07, 6.45) is 2.21. The number of hydrazine groups is 1. The van der Waals surface area contributed by atoms with Crippen LogP contribution in [0.1, 0.15) is 19.3 Å². The Balaban J connectivity index is 2.63. The maximum absolute atomic E-state index is 10.9. The number of carbonyl (C=O) groups is 1. The quantitative estimate of drug-likeness (QED) is 0.255. The van der Waals surface area contributed by atoms with Gasteiger partial charge in [-0.25, -0.2) is 5.84 Å². The minimum atomic E-state index is -0.319. The first-order valence-corrected chi connectivity index (χ1v) is 3.57. The molecule has 0 bridgehead atoms. The lowest BCUT2D eigenvalue weighted by Crippen LogP contribution is -2.39. The van der Waals surface area contributed by atoms with E-state index in [9.17, 15) is 4.79 Å². The summed E-state index contributed by atoms with van der Waals surface area (Å²) >= 11 is 0. The standard InChI is InChI=1S/C6H12N4O/c7-5-3-1-2-4(9-5)6(11)10-8/h5H,1-3,7-8H2,(H,10,11). The minimum absolute atomic E-state index is 0.226. The van der Waals surface area contributed by atoms with Crippen molar-refractivity contribution >= 4 is 11.6 Å². The molecule has 0 aromatic rings. The number of rotatable bonds is 1. The molecule has 0 aromatic heterocycles. The van der Waals surface area contributed by atoms with Crippen LogP contribution in [0.4, 0.5) is 0 Å². The molecule has 0 radical (unpaired) electrons. The highest BCUT2D eigenvalue weighted by atomic mass is 16.2. The van der Waals surface area contributed by atoms with E-state index in [4.69, 9.17) is 11.6 Å². The Morgan fingerprint density at radius 2 is 2.45 bits per heavy atom. The number of aliphatic imine (C=N–C) groups is 1. The normalized spacial score (nSPS) is 24.2. The van der Waals surface area contributed by atoms with Crippen LogP contribution in [0, 0.1) is 0 Å². The molecular formula is C6H12N4O. The van der Waals surface area contributed by atoms with Gasteiger partial charge in [0.05, 0.1) is 6.17 Å². The first-order chi connectivity index (χ1) is 5.24. The Morgan fingerprint density at radius 3 is 3.00 bits per heavy atom. The molecule has 1 unspecified atom stereocenters. The molecule has 0 aromatic carbocycles. The fourth-order valence-corrected chi connectivity index (χ4v) is 1.06. The van der Waals surface area contributed by atoms with Gasteiger partial charge < -0.3 is 5.73 Å². The summed E-state index contributed by atoms with van der Waals surface area (Å²) in [5, 5.41) is 0. The van der Waals surface area contributed by atoms with Crippen molar-refractivity contribution in [2.75, 3.05) is 0 Å². The molecule has 0 saturated heterocycles. The molecule has 11 heavy (non-hydrogen) atoms. The molecule has 1 aliphatic heterocycles. The lowest BCUT2D eigenvalue weighted by atomic mass is 10.1. The van der Waals surface area contributed by atoms with Gasteiger partial charge in [0.25, 0.3) is 5.91 Å². The molecule has 1 atom stereocenters. The second kappa shape index (κ2) is 3.45. The molecular weight excluding hydrogens is 144 g/mol. The van der Waals surface area contributed by atoms with Crippen molar-refractivity contribution in [3.05, 3.63) is 0 Å². The average Bonchev–Trinajstić information content (AvgIpc) is 2.03. The smallest absolute Gasteiger partial charge is 0.279 e. The van der Waals surface area contributed by atoms with Crippen molar-refractivity contribution in [3.63, 3.8) is 0 Å². The van der Waals surface area contributed by atoms with Gasteiger partial charge in [0.1, 0.15) is 5.71 Å². The first kappa shape index (κ1) is 8.16. The van der Waals surface area contributed by atoms with Crippen molar-refractivity contribution in [1.29, 1.82) is 0 Å². The second-order valence-corrected chi connectivity index (χ2v) is 2.51. The van der Waals surface area contributed by atoms with E-state index in [1.165, 1.54) is 0 Å². The lowest BCUT2D eigenvalue weighted by Gasteiger charge is -2.15. The Hall–Kier alpha value is -0.940. The molecule has 1 amide bonds. The Bertz CT molecular complexity index is 189. The largest absolute Gasteiger partial charge is 0.310 e. The average molecular weight is 156 g/mol. The monoisotopic (exact) mass is 156 g/mol. The predicted octanol–water partition coefficient (Wildman–Crippen LogP) is -1.11. The third-order valence-corrected chi connectivity index (χ3v) is 1.63.